The quantitative estimate of drug-likeness (QED) is 0.786. The van der Waals surface area contributed by atoms with Crippen molar-refractivity contribution < 1.29 is 18.3 Å². The van der Waals surface area contributed by atoms with Crippen molar-refractivity contribution >= 4 is 5.78 Å². The number of ketones is 1. The Bertz CT molecular complexity index is 562. The third kappa shape index (κ3) is 2.62. The van der Waals surface area contributed by atoms with Gasteiger partial charge >= 0.3 is 5.92 Å². The van der Waals surface area contributed by atoms with Gasteiger partial charge in [-0.25, -0.2) is 0 Å². The Morgan fingerprint density at radius 3 is 2.11 bits per heavy atom. The van der Waals surface area contributed by atoms with Crippen LogP contribution in [0.4, 0.5) is 8.78 Å². The molecule has 98 valence electrons. The molecule has 2 rings (SSSR count). The Hall–Kier alpha value is -2.23. The summed E-state index contributed by atoms with van der Waals surface area (Å²) in [5, 5.41) is 0. The van der Waals surface area contributed by atoms with Crippen molar-refractivity contribution in [2.45, 2.75) is 5.92 Å². The predicted molar refractivity (Wildman–Crippen MR) is 67.7 cm³/mol. The molecule has 2 aromatic carbocycles. The molecule has 0 atom stereocenters. The summed E-state index contributed by atoms with van der Waals surface area (Å²) in [6.07, 6.45) is 0. The smallest absolute Gasteiger partial charge is 0.334 e. The highest BCUT2D eigenvalue weighted by Crippen LogP contribution is 2.32. The second-order valence-corrected chi connectivity index (χ2v) is 4.00. The molecule has 0 saturated heterocycles. The highest BCUT2D eigenvalue weighted by Gasteiger charge is 2.41. The lowest BCUT2D eigenvalue weighted by Crippen LogP contribution is -2.26. The zero-order valence-corrected chi connectivity index (χ0v) is 10.3. The van der Waals surface area contributed by atoms with Gasteiger partial charge in [0.15, 0.2) is 0 Å². The van der Waals surface area contributed by atoms with Gasteiger partial charge in [-0.1, -0.05) is 30.3 Å². The van der Waals surface area contributed by atoms with E-state index >= 15 is 0 Å². The molecule has 4 heteroatoms. The molecule has 0 fully saturated rings. The molecule has 0 heterocycles. The van der Waals surface area contributed by atoms with E-state index in [0.717, 1.165) is 0 Å². The summed E-state index contributed by atoms with van der Waals surface area (Å²) < 4.78 is 33.1. The molecule has 2 nitrogen and oxygen atoms in total. The summed E-state index contributed by atoms with van der Waals surface area (Å²) in [4.78, 5) is 11.8. The summed E-state index contributed by atoms with van der Waals surface area (Å²) in [5.41, 5.74) is -0.356. The zero-order chi connectivity index (χ0) is 13.9. The molecule has 0 aliphatic rings. The summed E-state index contributed by atoms with van der Waals surface area (Å²) in [6.45, 7) is 0. The van der Waals surface area contributed by atoms with E-state index < -0.39 is 11.7 Å². The van der Waals surface area contributed by atoms with Gasteiger partial charge in [-0.2, -0.15) is 8.78 Å². The van der Waals surface area contributed by atoms with Crippen LogP contribution in [0, 0.1) is 0 Å². The fourth-order valence-electron chi connectivity index (χ4n) is 1.70. The van der Waals surface area contributed by atoms with Crippen molar-refractivity contribution in [2.75, 3.05) is 7.11 Å². The lowest BCUT2D eigenvalue weighted by Gasteiger charge is -2.15. The number of halogens is 2. The third-order valence-corrected chi connectivity index (χ3v) is 2.77. The van der Waals surface area contributed by atoms with Crippen LogP contribution in [0.2, 0.25) is 0 Å². The van der Waals surface area contributed by atoms with Crippen LogP contribution in [0.25, 0.3) is 0 Å². The number of Topliss-reactive ketones (excluding diaryl/α,β-unsaturated/α-hetero) is 1. The second kappa shape index (κ2) is 5.18. The Balaban J connectivity index is 2.33. The molecule has 0 unspecified atom stereocenters. The number of alkyl halides is 2. The molecule has 0 N–H and O–H groups in total. The molecule has 19 heavy (non-hydrogen) atoms. The van der Waals surface area contributed by atoms with Crippen LogP contribution in [-0.4, -0.2) is 12.9 Å². The van der Waals surface area contributed by atoms with Crippen LogP contribution in [0.1, 0.15) is 15.9 Å². The number of hydrogen-bond donors (Lipinski definition) is 0. The first-order chi connectivity index (χ1) is 9.05. The van der Waals surface area contributed by atoms with Crippen LogP contribution in [0.3, 0.4) is 0 Å². The van der Waals surface area contributed by atoms with E-state index in [1.54, 1.807) is 18.2 Å². The molecular formula is C15H12F2O2. The molecule has 0 bridgehead atoms. The van der Waals surface area contributed by atoms with E-state index in [9.17, 15) is 13.6 Å². The van der Waals surface area contributed by atoms with E-state index in [4.69, 9.17) is 4.74 Å². The van der Waals surface area contributed by atoms with Crippen LogP contribution in [0.15, 0.2) is 54.6 Å². The molecule has 2 aromatic rings. The summed E-state index contributed by atoms with van der Waals surface area (Å²) in [5.74, 6) is -4.29. The van der Waals surface area contributed by atoms with Gasteiger partial charge in [-0.3, -0.25) is 4.79 Å². The number of hydrogen-bond acceptors (Lipinski definition) is 2. The largest absolute Gasteiger partial charge is 0.497 e. The van der Waals surface area contributed by atoms with Crippen LogP contribution < -0.4 is 4.74 Å². The number of carbonyl (C=O) groups excluding carboxylic acids is 1. The molecule has 0 aromatic heterocycles. The van der Waals surface area contributed by atoms with Crippen molar-refractivity contribution in [3.63, 3.8) is 0 Å². The number of methoxy groups -OCH3 is 1. The number of rotatable bonds is 4. The Morgan fingerprint density at radius 2 is 1.58 bits per heavy atom. The SMILES string of the molecule is COc1ccc(C(F)(F)C(=O)c2ccccc2)cc1. The van der Waals surface area contributed by atoms with Crippen LogP contribution >= 0.6 is 0 Å². The van der Waals surface area contributed by atoms with E-state index in [-0.39, 0.29) is 11.1 Å². The lowest BCUT2D eigenvalue weighted by molar-refractivity contribution is 0.00741. The van der Waals surface area contributed by atoms with E-state index in [0.29, 0.717) is 5.75 Å². The second-order valence-electron chi connectivity index (χ2n) is 4.00. The summed E-state index contributed by atoms with van der Waals surface area (Å²) in [7, 11) is 1.45. The van der Waals surface area contributed by atoms with Crippen molar-refractivity contribution in [1.82, 2.24) is 0 Å². The van der Waals surface area contributed by atoms with Gasteiger partial charge in [0.2, 0.25) is 5.78 Å². The first-order valence-electron chi connectivity index (χ1n) is 5.68. The van der Waals surface area contributed by atoms with Gasteiger partial charge in [0.05, 0.1) is 7.11 Å². The van der Waals surface area contributed by atoms with Gasteiger partial charge < -0.3 is 4.74 Å². The average Bonchev–Trinajstić information content (AvgIpc) is 2.47. The first-order valence-corrected chi connectivity index (χ1v) is 5.68. The van der Waals surface area contributed by atoms with Crippen LogP contribution in [0.5, 0.6) is 5.75 Å². The van der Waals surface area contributed by atoms with E-state index in [2.05, 4.69) is 0 Å². The molecule has 0 aliphatic carbocycles. The number of ether oxygens (including phenoxy) is 1. The summed E-state index contributed by atoms with van der Waals surface area (Å²) >= 11 is 0. The Kier molecular flexibility index (Phi) is 3.60. The van der Waals surface area contributed by atoms with Gasteiger partial charge in [-0.05, 0) is 24.3 Å². The fraction of sp³-hybridized carbons (Fsp3) is 0.133. The third-order valence-electron chi connectivity index (χ3n) is 2.77. The number of carbonyl (C=O) groups is 1. The zero-order valence-electron chi connectivity index (χ0n) is 10.3. The maximum atomic E-state index is 14.1. The van der Waals surface area contributed by atoms with E-state index in [1.807, 2.05) is 0 Å². The molecule has 0 amide bonds. The minimum Gasteiger partial charge on any atom is -0.497 e. The molecule has 0 radical (unpaired) electrons. The highest BCUT2D eigenvalue weighted by atomic mass is 19.3. The molecular weight excluding hydrogens is 250 g/mol. The first kappa shape index (κ1) is 13.2. The highest BCUT2D eigenvalue weighted by molar-refractivity contribution is 6.01. The van der Waals surface area contributed by atoms with Crippen molar-refractivity contribution in [1.29, 1.82) is 0 Å². The number of benzene rings is 2. The molecule has 0 aliphatic heterocycles. The van der Waals surface area contributed by atoms with Gasteiger partial charge in [0.25, 0.3) is 0 Å². The van der Waals surface area contributed by atoms with E-state index in [1.165, 1.54) is 43.5 Å². The maximum Gasteiger partial charge on any atom is 0.334 e. The Morgan fingerprint density at radius 1 is 1.00 bits per heavy atom. The standard InChI is InChI=1S/C15H12F2O2/c1-19-13-9-7-12(8-10-13)15(16,17)14(18)11-5-3-2-4-6-11/h2-10H,1H3. The summed E-state index contributed by atoms with van der Waals surface area (Å²) in [6, 6.07) is 12.7. The monoisotopic (exact) mass is 262 g/mol. The molecule has 0 spiro atoms. The lowest BCUT2D eigenvalue weighted by atomic mass is 9.99. The topological polar surface area (TPSA) is 26.3 Å². The fourth-order valence-corrected chi connectivity index (χ4v) is 1.70. The van der Waals surface area contributed by atoms with Crippen molar-refractivity contribution in [2.24, 2.45) is 0 Å². The Labute approximate surface area is 109 Å². The normalized spacial score (nSPS) is 11.1. The average molecular weight is 262 g/mol. The van der Waals surface area contributed by atoms with Crippen molar-refractivity contribution in [3.05, 3.63) is 65.7 Å². The van der Waals surface area contributed by atoms with Crippen LogP contribution in [-0.2, 0) is 5.92 Å². The van der Waals surface area contributed by atoms with Crippen molar-refractivity contribution in [3.8, 4) is 5.75 Å². The predicted octanol–water partition coefficient (Wildman–Crippen LogP) is 3.67. The minimum absolute atomic E-state index is 0.0108. The minimum atomic E-state index is -3.55. The molecule has 0 saturated carbocycles. The maximum absolute atomic E-state index is 14.1. The van der Waals surface area contributed by atoms with Gasteiger partial charge in [0, 0.05) is 11.1 Å². The van der Waals surface area contributed by atoms with Gasteiger partial charge in [0.1, 0.15) is 5.75 Å². The van der Waals surface area contributed by atoms with Gasteiger partial charge in [-0.15, -0.1) is 0 Å².